The quantitative estimate of drug-likeness (QED) is 0.915. The highest BCUT2D eigenvalue weighted by Crippen LogP contribution is 2.20. The van der Waals surface area contributed by atoms with E-state index in [2.05, 4.69) is 5.10 Å². The maximum atomic E-state index is 12.5. The molecule has 0 aliphatic rings. The van der Waals surface area contributed by atoms with Gasteiger partial charge in [-0.3, -0.25) is 4.79 Å². The minimum atomic E-state index is -0.146. The first-order valence-corrected chi connectivity index (χ1v) is 6.32. The molecule has 102 valence electrons. The van der Waals surface area contributed by atoms with E-state index < -0.39 is 0 Å². The Morgan fingerprint density at radius 3 is 2.58 bits per heavy atom. The number of furan rings is 1. The molecule has 2 rings (SSSR count). The van der Waals surface area contributed by atoms with Gasteiger partial charge in [-0.05, 0) is 46.2 Å². The molecule has 19 heavy (non-hydrogen) atoms. The number of rotatable bonds is 3. The normalized spacial score (nSPS) is 11.0. The van der Waals surface area contributed by atoms with E-state index in [-0.39, 0.29) is 5.91 Å². The summed E-state index contributed by atoms with van der Waals surface area (Å²) >= 11 is 0. The summed E-state index contributed by atoms with van der Waals surface area (Å²) in [5, 5.41) is 4.34. The molecule has 0 saturated carbocycles. The lowest BCUT2D eigenvalue weighted by molar-refractivity contribution is 0.0940. The molecule has 0 aliphatic carbocycles. The molecule has 2 aromatic heterocycles. The summed E-state index contributed by atoms with van der Waals surface area (Å²) in [6, 6.07) is 0. The Morgan fingerprint density at radius 2 is 2.05 bits per heavy atom. The number of nitrogens with zero attached hydrogens (tertiary/aromatic N) is 2. The van der Waals surface area contributed by atoms with E-state index in [1.54, 1.807) is 13.2 Å². The zero-order valence-corrected chi connectivity index (χ0v) is 11.8. The van der Waals surface area contributed by atoms with Crippen LogP contribution in [0.4, 0.5) is 0 Å². The topological polar surface area (TPSA) is 74.0 Å². The fourth-order valence-corrected chi connectivity index (χ4v) is 2.38. The predicted octanol–water partition coefficient (Wildman–Crippen LogP) is 1.90. The molecule has 2 N–H and O–H groups in total. The highest BCUT2D eigenvalue weighted by molar-refractivity contribution is 5.98. The van der Waals surface area contributed by atoms with Gasteiger partial charge in [-0.1, -0.05) is 0 Å². The minimum absolute atomic E-state index is 0.146. The third-order valence-corrected chi connectivity index (χ3v) is 3.40. The van der Waals surface area contributed by atoms with Crippen LogP contribution in [0.5, 0.6) is 0 Å². The SMILES string of the molecule is Cc1coc(C)c1C(=O)n1nc(C)c(CCN)c1C. The average molecular weight is 261 g/mol. The fourth-order valence-electron chi connectivity index (χ4n) is 2.38. The zero-order chi connectivity index (χ0) is 14.2. The van der Waals surface area contributed by atoms with Crippen LogP contribution in [0.15, 0.2) is 10.7 Å². The lowest BCUT2D eigenvalue weighted by Crippen LogP contribution is -2.17. The maximum Gasteiger partial charge on any atom is 0.282 e. The van der Waals surface area contributed by atoms with E-state index in [1.165, 1.54) is 4.68 Å². The third-order valence-electron chi connectivity index (χ3n) is 3.40. The van der Waals surface area contributed by atoms with Crippen LogP contribution in [0.25, 0.3) is 0 Å². The Kier molecular flexibility index (Phi) is 3.57. The maximum absolute atomic E-state index is 12.5. The fraction of sp³-hybridized carbons (Fsp3) is 0.429. The molecule has 0 fully saturated rings. The predicted molar refractivity (Wildman–Crippen MR) is 72.4 cm³/mol. The molecule has 0 aliphatic heterocycles. The third kappa shape index (κ3) is 2.21. The molecule has 0 spiro atoms. The minimum Gasteiger partial charge on any atom is -0.469 e. The first-order valence-electron chi connectivity index (χ1n) is 6.32. The highest BCUT2D eigenvalue weighted by Gasteiger charge is 2.22. The Balaban J connectivity index is 2.48. The van der Waals surface area contributed by atoms with Crippen LogP contribution >= 0.6 is 0 Å². The summed E-state index contributed by atoms with van der Waals surface area (Å²) in [5.74, 6) is 0.475. The van der Waals surface area contributed by atoms with Gasteiger partial charge in [-0.15, -0.1) is 0 Å². The monoisotopic (exact) mass is 261 g/mol. The van der Waals surface area contributed by atoms with E-state index in [4.69, 9.17) is 10.2 Å². The van der Waals surface area contributed by atoms with Crippen LogP contribution in [0.1, 0.15) is 38.6 Å². The van der Waals surface area contributed by atoms with Gasteiger partial charge in [0, 0.05) is 11.3 Å². The van der Waals surface area contributed by atoms with Gasteiger partial charge in [0.2, 0.25) is 0 Å². The van der Waals surface area contributed by atoms with Crippen molar-refractivity contribution in [2.24, 2.45) is 5.73 Å². The number of aromatic nitrogens is 2. The van der Waals surface area contributed by atoms with E-state index in [0.29, 0.717) is 17.9 Å². The summed E-state index contributed by atoms with van der Waals surface area (Å²) in [4.78, 5) is 12.5. The Morgan fingerprint density at radius 1 is 1.37 bits per heavy atom. The molecule has 2 heterocycles. The first kappa shape index (κ1) is 13.5. The molecule has 0 unspecified atom stereocenters. The summed E-state index contributed by atoms with van der Waals surface area (Å²) in [6.07, 6.45) is 2.32. The van der Waals surface area contributed by atoms with Crippen molar-refractivity contribution in [2.75, 3.05) is 6.54 Å². The molecular weight excluding hydrogens is 242 g/mol. The number of carbonyl (C=O) groups is 1. The van der Waals surface area contributed by atoms with E-state index in [9.17, 15) is 4.79 Å². The van der Waals surface area contributed by atoms with Crippen LogP contribution in [-0.2, 0) is 6.42 Å². The van der Waals surface area contributed by atoms with Crippen molar-refractivity contribution in [1.82, 2.24) is 9.78 Å². The second kappa shape index (κ2) is 5.01. The van der Waals surface area contributed by atoms with Gasteiger partial charge in [-0.25, -0.2) is 4.68 Å². The zero-order valence-electron chi connectivity index (χ0n) is 11.8. The van der Waals surface area contributed by atoms with Gasteiger partial charge in [0.25, 0.3) is 5.91 Å². The van der Waals surface area contributed by atoms with Crippen molar-refractivity contribution in [1.29, 1.82) is 0 Å². The van der Waals surface area contributed by atoms with Crippen molar-refractivity contribution >= 4 is 5.91 Å². The van der Waals surface area contributed by atoms with E-state index in [0.717, 1.165) is 28.9 Å². The largest absolute Gasteiger partial charge is 0.469 e. The lowest BCUT2D eigenvalue weighted by Gasteiger charge is -2.04. The molecular formula is C14H19N3O2. The molecule has 0 atom stereocenters. The summed E-state index contributed by atoms with van der Waals surface area (Å²) in [6.45, 7) is 7.98. The molecule has 0 saturated heterocycles. The molecule has 0 aromatic carbocycles. The Labute approximate surface area is 112 Å². The first-order chi connectivity index (χ1) is 8.97. The Bertz CT molecular complexity index is 603. The van der Waals surface area contributed by atoms with E-state index in [1.807, 2.05) is 20.8 Å². The molecule has 5 heteroatoms. The molecule has 0 bridgehead atoms. The lowest BCUT2D eigenvalue weighted by atomic mass is 10.1. The second-order valence-corrected chi connectivity index (χ2v) is 4.75. The number of hydrogen-bond donors (Lipinski definition) is 1. The molecule has 0 radical (unpaired) electrons. The summed E-state index contributed by atoms with van der Waals surface area (Å²) in [5.41, 5.74) is 9.77. The number of aryl methyl sites for hydroxylation is 3. The average Bonchev–Trinajstić information content (AvgIpc) is 2.83. The van der Waals surface area contributed by atoms with Crippen LogP contribution in [0.2, 0.25) is 0 Å². The number of nitrogens with two attached hydrogens (primary N) is 1. The van der Waals surface area contributed by atoms with Gasteiger partial charge in [-0.2, -0.15) is 5.10 Å². The number of carbonyl (C=O) groups excluding carboxylic acids is 1. The van der Waals surface area contributed by atoms with Gasteiger partial charge in [0.1, 0.15) is 5.76 Å². The van der Waals surface area contributed by atoms with Crippen LogP contribution < -0.4 is 5.73 Å². The van der Waals surface area contributed by atoms with Crippen molar-refractivity contribution in [3.63, 3.8) is 0 Å². The van der Waals surface area contributed by atoms with Gasteiger partial charge in [0.05, 0.1) is 17.5 Å². The van der Waals surface area contributed by atoms with Crippen molar-refractivity contribution in [3.05, 3.63) is 40.1 Å². The second-order valence-electron chi connectivity index (χ2n) is 4.75. The van der Waals surface area contributed by atoms with Crippen LogP contribution in [-0.4, -0.2) is 22.2 Å². The van der Waals surface area contributed by atoms with E-state index >= 15 is 0 Å². The molecule has 0 amide bonds. The van der Waals surface area contributed by atoms with Crippen molar-refractivity contribution in [3.8, 4) is 0 Å². The van der Waals surface area contributed by atoms with Crippen LogP contribution in [0, 0.1) is 27.7 Å². The summed E-state index contributed by atoms with van der Waals surface area (Å²) in [7, 11) is 0. The number of hydrogen-bond acceptors (Lipinski definition) is 4. The van der Waals surface area contributed by atoms with Gasteiger partial charge < -0.3 is 10.2 Å². The smallest absolute Gasteiger partial charge is 0.282 e. The Hall–Kier alpha value is -1.88. The van der Waals surface area contributed by atoms with Gasteiger partial charge in [0.15, 0.2) is 0 Å². The van der Waals surface area contributed by atoms with Crippen LogP contribution in [0.3, 0.4) is 0 Å². The standard InChI is InChI=1S/C14H19N3O2/c1-8-7-19-11(4)13(8)14(18)17-10(3)12(5-6-15)9(2)16-17/h7H,5-6,15H2,1-4H3. The molecule has 5 nitrogen and oxygen atoms in total. The molecule has 2 aromatic rings. The highest BCUT2D eigenvalue weighted by atomic mass is 16.3. The summed E-state index contributed by atoms with van der Waals surface area (Å²) < 4.78 is 6.73. The van der Waals surface area contributed by atoms with Crippen molar-refractivity contribution < 1.29 is 9.21 Å². The van der Waals surface area contributed by atoms with Gasteiger partial charge >= 0.3 is 0 Å². The van der Waals surface area contributed by atoms with Crippen molar-refractivity contribution in [2.45, 2.75) is 34.1 Å².